The lowest BCUT2D eigenvalue weighted by molar-refractivity contribution is -0.384. The van der Waals surface area contributed by atoms with Gasteiger partial charge in [-0.1, -0.05) is 23.7 Å². The van der Waals surface area contributed by atoms with E-state index in [2.05, 4.69) is 31.0 Å². The van der Waals surface area contributed by atoms with Gasteiger partial charge in [-0.2, -0.15) is 0 Å². The van der Waals surface area contributed by atoms with Crippen LogP contribution in [-0.2, 0) is 0 Å². The van der Waals surface area contributed by atoms with E-state index in [0.717, 1.165) is 0 Å². The number of anilines is 2. The summed E-state index contributed by atoms with van der Waals surface area (Å²) >= 11 is 6.15. The van der Waals surface area contributed by atoms with Crippen LogP contribution in [0.15, 0.2) is 48.5 Å². The average molecular weight is 368 g/mol. The summed E-state index contributed by atoms with van der Waals surface area (Å²) < 4.78 is 0. The number of non-ortho nitro benzene ring substituents is 1. The second kappa shape index (κ2) is 6.37. The summed E-state index contributed by atoms with van der Waals surface area (Å²) in [5, 5.41) is 18.7. The Balaban J connectivity index is 1.69. The highest BCUT2D eigenvalue weighted by Crippen LogP contribution is 2.27. The Labute approximate surface area is 151 Å². The summed E-state index contributed by atoms with van der Waals surface area (Å²) in [7, 11) is 0. The van der Waals surface area contributed by atoms with Gasteiger partial charge in [0.05, 0.1) is 21.6 Å². The minimum absolute atomic E-state index is 0.00180. The van der Waals surface area contributed by atoms with Crippen molar-refractivity contribution in [3.63, 3.8) is 0 Å². The molecule has 0 saturated heterocycles. The molecule has 9 nitrogen and oxygen atoms in total. The quantitative estimate of drug-likeness (QED) is 0.319. The molecule has 4 rings (SSSR count). The molecule has 0 aliphatic rings. The Morgan fingerprint density at radius 3 is 2.31 bits per heavy atom. The molecule has 0 aliphatic carbocycles. The zero-order valence-corrected chi connectivity index (χ0v) is 13.8. The maximum absolute atomic E-state index is 10.7. The summed E-state index contributed by atoms with van der Waals surface area (Å²) in [4.78, 5) is 19.2. The normalized spacial score (nSPS) is 10.8. The first-order valence-corrected chi connectivity index (χ1v) is 7.85. The predicted molar refractivity (Wildman–Crippen MR) is 98.0 cm³/mol. The molecular weight excluding hydrogens is 358 g/mol. The molecular formula is C16H10ClN7O2. The lowest BCUT2D eigenvalue weighted by atomic mass is 10.3. The van der Waals surface area contributed by atoms with Gasteiger partial charge in [-0.15, -0.1) is 10.2 Å². The predicted octanol–water partition coefficient (Wildman–Crippen LogP) is 3.57. The number of nitro benzene ring substituents is 1. The molecule has 26 heavy (non-hydrogen) atoms. The van der Waals surface area contributed by atoms with E-state index in [9.17, 15) is 10.1 Å². The summed E-state index contributed by atoms with van der Waals surface area (Å²) in [5.41, 5.74) is 9.06. The molecule has 2 aromatic carbocycles. The van der Waals surface area contributed by atoms with Crippen LogP contribution in [-0.4, -0.2) is 25.1 Å². The van der Waals surface area contributed by atoms with Gasteiger partial charge in [0, 0.05) is 12.1 Å². The number of rotatable bonds is 4. The van der Waals surface area contributed by atoms with E-state index < -0.39 is 4.92 Å². The molecule has 2 aromatic heterocycles. The molecule has 0 bridgehead atoms. The van der Waals surface area contributed by atoms with Crippen molar-refractivity contribution >= 4 is 50.9 Å². The number of fused-ring (bicyclic) bond motifs is 2. The summed E-state index contributed by atoms with van der Waals surface area (Å²) in [5.74, 6) is 0. The lowest BCUT2D eigenvalue weighted by Gasteiger charge is -2.12. The molecule has 0 aliphatic heterocycles. The van der Waals surface area contributed by atoms with Gasteiger partial charge in [0.1, 0.15) is 11.2 Å². The Bertz CT molecular complexity index is 1130. The number of hydrogen-bond donors (Lipinski definition) is 2. The Morgan fingerprint density at radius 2 is 1.62 bits per heavy atom. The van der Waals surface area contributed by atoms with Crippen molar-refractivity contribution < 1.29 is 4.92 Å². The maximum atomic E-state index is 10.7. The first kappa shape index (κ1) is 15.9. The number of nitrogens with one attached hydrogen (secondary N) is 2. The first-order chi connectivity index (χ1) is 12.6. The fourth-order valence-corrected chi connectivity index (χ4v) is 2.55. The fourth-order valence-electron chi connectivity index (χ4n) is 2.38. The Kier molecular flexibility index (Phi) is 3.90. The molecule has 10 heteroatoms. The van der Waals surface area contributed by atoms with Gasteiger partial charge in [0.2, 0.25) is 5.65 Å². The van der Waals surface area contributed by atoms with E-state index in [1.165, 1.54) is 12.1 Å². The van der Waals surface area contributed by atoms with Crippen LogP contribution in [0.2, 0.25) is 5.15 Å². The zero-order valence-electron chi connectivity index (χ0n) is 13.0. The molecule has 128 valence electrons. The molecule has 0 fully saturated rings. The van der Waals surface area contributed by atoms with Gasteiger partial charge >= 0.3 is 0 Å². The number of para-hydroxylation sites is 2. The van der Waals surface area contributed by atoms with Crippen molar-refractivity contribution in [1.29, 1.82) is 0 Å². The van der Waals surface area contributed by atoms with E-state index in [4.69, 9.17) is 11.6 Å². The summed E-state index contributed by atoms with van der Waals surface area (Å²) in [6.45, 7) is 0. The van der Waals surface area contributed by atoms with Crippen molar-refractivity contribution in [2.24, 2.45) is 0 Å². The van der Waals surface area contributed by atoms with Crippen LogP contribution in [0, 0.1) is 10.1 Å². The Hall–Kier alpha value is -3.59. The van der Waals surface area contributed by atoms with E-state index in [0.29, 0.717) is 33.6 Å². The van der Waals surface area contributed by atoms with Crippen LogP contribution >= 0.6 is 11.6 Å². The molecule has 2 N–H and O–H groups in total. The van der Waals surface area contributed by atoms with Gasteiger partial charge in [-0.25, -0.2) is 9.97 Å². The van der Waals surface area contributed by atoms with Crippen LogP contribution in [0.4, 0.5) is 17.1 Å². The van der Waals surface area contributed by atoms with Gasteiger partial charge in [-0.05, 0) is 24.3 Å². The van der Waals surface area contributed by atoms with Gasteiger partial charge < -0.3 is 5.43 Å². The van der Waals surface area contributed by atoms with Crippen LogP contribution in [0.5, 0.6) is 0 Å². The van der Waals surface area contributed by atoms with E-state index in [1.54, 1.807) is 12.1 Å². The number of hydrazine groups is 1. The lowest BCUT2D eigenvalue weighted by Crippen LogP contribution is -2.11. The highest BCUT2D eigenvalue weighted by molar-refractivity contribution is 6.33. The van der Waals surface area contributed by atoms with Crippen molar-refractivity contribution in [1.82, 2.24) is 20.2 Å². The third kappa shape index (κ3) is 2.91. The number of nitrogens with zero attached hydrogens (tertiary/aromatic N) is 5. The van der Waals surface area contributed by atoms with E-state index >= 15 is 0 Å². The zero-order chi connectivity index (χ0) is 18.1. The molecule has 0 unspecified atom stereocenters. The smallest absolute Gasteiger partial charge is 0.269 e. The summed E-state index contributed by atoms with van der Waals surface area (Å²) in [6, 6.07) is 13.3. The van der Waals surface area contributed by atoms with Crippen LogP contribution in [0.1, 0.15) is 0 Å². The number of aromatic nitrogens is 4. The second-order valence-corrected chi connectivity index (χ2v) is 5.66. The van der Waals surface area contributed by atoms with Gasteiger partial charge in [-0.3, -0.25) is 15.5 Å². The first-order valence-electron chi connectivity index (χ1n) is 7.47. The topological polar surface area (TPSA) is 119 Å². The van der Waals surface area contributed by atoms with Crippen molar-refractivity contribution in [2.75, 3.05) is 10.9 Å². The molecule has 0 saturated carbocycles. The number of nitro groups is 1. The molecule has 2 heterocycles. The van der Waals surface area contributed by atoms with Gasteiger partial charge in [0.25, 0.3) is 5.69 Å². The molecule has 4 aromatic rings. The van der Waals surface area contributed by atoms with Crippen LogP contribution in [0.3, 0.4) is 0 Å². The number of hydrogen-bond acceptors (Lipinski definition) is 8. The standard InChI is InChI=1S/C16H10ClN7O2/c17-15-13(21-20-9-5-7-10(8-6-9)24(25)26)14-16(23-22-15)19-12-4-2-1-3-11(12)18-14/h1-8,20H,(H,19,21,23). The minimum Gasteiger partial charge on any atom is -0.301 e. The number of halogens is 1. The SMILES string of the molecule is O=[N+]([O-])c1ccc(NNc2c(Cl)nnc3nc4ccccc4nc23)cc1. The minimum atomic E-state index is -0.463. The van der Waals surface area contributed by atoms with Crippen molar-refractivity contribution in [3.8, 4) is 0 Å². The van der Waals surface area contributed by atoms with E-state index in [-0.39, 0.29) is 10.8 Å². The largest absolute Gasteiger partial charge is 0.301 e. The van der Waals surface area contributed by atoms with Crippen LogP contribution in [0.25, 0.3) is 22.2 Å². The highest BCUT2D eigenvalue weighted by Gasteiger charge is 2.13. The average Bonchev–Trinajstić information content (AvgIpc) is 2.66. The molecule has 0 spiro atoms. The monoisotopic (exact) mass is 367 g/mol. The number of benzene rings is 2. The molecule has 0 atom stereocenters. The van der Waals surface area contributed by atoms with Crippen LogP contribution < -0.4 is 10.9 Å². The highest BCUT2D eigenvalue weighted by atomic mass is 35.5. The van der Waals surface area contributed by atoms with Gasteiger partial charge in [0.15, 0.2) is 5.15 Å². The van der Waals surface area contributed by atoms with E-state index in [1.807, 2.05) is 24.3 Å². The second-order valence-electron chi connectivity index (χ2n) is 5.30. The Morgan fingerprint density at radius 1 is 0.923 bits per heavy atom. The molecule has 0 amide bonds. The van der Waals surface area contributed by atoms with Crippen molar-refractivity contribution in [3.05, 3.63) is 63.8 Å². The third-order valence-electron chi connectivity index (χ3n) is 3.64. The third-order valence-corrected chi connectivity index (χ3v) is 3.90. The molecule has 0 radical (unpaired) electrons. The fraction of sp³-hybridized carbons (Fsp3) is 0. The van der Waals surface area contributed by atoms with Crippen molar-refractivity contribution in [2.45, 2.75) is 0 Å². The maximum Gasteiger partial charge on any atom is 0.269 e. The summed E-state index contributed by atoms with van der Waals surface area (Å²) in [6.07, 6.45) is 0.